The molecule has 1 aromatic heterocycles. The Morgan fingerprint density at radius 2 is 2.27 bits per heavy atom. The molecule has 0 radical (unpaired) electrons. The van der Waals surface area contributed by atoms with Gasteiger partial charge in [-0.1, -0.05) is 13.8 Å². The second-order valence-electron chi connectivity index (χ2n) is 4.72. The third kappa shape index (κ3) is 2.04. The SMILES string of the molecule is CC(C)c1nnc2n1CC(CCN)CC2. The van der Waals surface area contributed by atoms with Gasteiger partial charge in [-0.15, -0.1) is 10.2 Å². The van der Waals surface area contributed by atoms with Gasteiger partial charge in [-0.05, 0) is 25.3 Å². The lowest BCUT2D eigenvalue weighted by molar-refractivity contribution is 0.341. The van der Waals surface area contributed by atoms with Gasteiger partial charge in [0.05, 0.1) is 0 Å². The largest absolute Gasteiger partial charge is 0.330 e. The minimum atomic E-state index is 0.461. The van der Waals surface area contributed by atoms with Crippen molar-refractivity contribution in [2.75, 3.05) is 6.54 Å². The number of hydrogen-bond donors (Lipinski definition) is 1. The van der Waals surface area contributed by atoms with Gasteiger partial charge in [-0.3, -0.25) is 0 Å². The van der Waals surface area contributed by atoms with Crippen molar-refractivity contribution in [3.05, 3.63) is 11.6 Å². The van der Waals surface area contributed by atoms with Gasteiger partial charge in [0.25, 0.3) is 0 Å². The van der Waals surface area contributed by atoms with Gasteiger partial charge in [0.2, 0.25) is 0 Å². The second-order valence-corrected chi connectivity index (χ2v) is 4.72. The molecule has 4 heteroatoms. The van der Waals surface area contributed by atoms with E-state index >= 15 is 0 Å². The molecular weight excluding hydrogens is 188 g/mol. The summed E-state index contributed by atoms with van der Waals surface area (Å²) < 4.78 is 2.30. The van der Waals surface area contributed by atoms with E-state index in [0.29, 0.717) is 5.92 Å². The molecule has 0 aliphatic carbocycles. The van der Waals surface area contributed by atoms with E-state index in [2.05, 4.69) is 28.6 Å². The minimum Gasteiger partial charge on any atom is -0.330 e. The van der Waals surface area contributed by atoms with E-state index in [0.717, 1.165) is 43.5 Å². The zero-order chi connectivity index (χ0) is 10.8. The second kappa shape index (κ2) is 4.31. The van der Waals surface area contributed by atoms with E-state index in [4.69, 9.17) is 5.73 Å². The van der Waals surface area contributed by atoms with Crippen LogP contribution in [0.1, 0.15) is 44.3 Å². The van der Waals surface area contributed by atoms with Gasteiger partial charge in [0.1, 0.15) is 11.6 Å². The lowest BCUT2D eigenvalue weighted by Gasteiger charge is -2.24. The summed E-state index contributed by atoms with van der Waals surface area (Å²) in [6, 6.07) is 0. The van der Waals surface area contributed by atoms with Crippen LogP contribution in [-0.2, 0) is 13.0 Å². The highest BCUT2D eigenvalue weighted by atomic mass is 15.3. The van der Waals surface area contributed by atoms with Crippen molar-refractivity contribution in [1.29, 1.82) is 0 Å². The van der Waals surface area contributed by atoms with Crippen LogP contribution in [0.15, 0.2) is 0 Å². The molecule has 1 atom stereocenters. The van der Waals surface area contributed by atoms with Gasteiger partial charge < -0.3 is 10.3 Å². The maximum Gasteiger partial charge on any atom is 0.135 e. The topological polar surface area (TPSA) is 56.7 Å². The first kappa shape index (κ1) is 10.6. The predicted octanol–water partition coefficient (Wildman–Crippen LogP) is 1.31. The van der Waals surface area contributed by atoms with Gasteiger partial charge in [-0.2, -0.15) is 0 Å². The van der Waals surface area contributed by atoms with Crippen LogP contribution in [0, 0.1) is 5.92 Å². The molecule has 0 fully saturated rings. The number of nitrogens with two attached hydrogens (primary N) is 1. The van der Waals surface area contributed by atoms with Crippen molar-refractivity contribution in [3.8, 4) is 0 Å². The fourth-order valence-corrected chi connectivity index (χ4v) is 2.31. The van der Waals surface area contributed by atoms with E-state index in [1.165, 1.54) is 6.42 Å². The highest BCUT2D eigenvalue weighted by Gasteiger charge is 2.23. The Hall–Kier alpha value is -0.900. The monoisotopic (exact) mass is 208 g/mol. The summed E-state index contributed by atoms with van der Waals surface area (Å²) in [5.41, 5.74) is 5.61. The maximum atomic E-state index is 5.61. The molecule has 0 aromatic carbocycles. The zero-order valence-corrected chi connectivity index (χ0v) is 9.61. The van der Waals surface area contributed by atoms with Crippen molar-refractivity contribution >= 4 is 0 Å². The summed E-state index contributed by atoms with van der Waals surface area (Å²) >= 11 is 0. The smallest absolute Gasteiger partial charge is 0.135 e. The molecule has 1 aromatic rings. The molecule has 0 saturated carbocycles. The first-order valence-corrected chi connectivity index (χ1v) is 5.84. The Bertz CT molecular complexity index is 329. The van der Waals surface area contributed by atoms with Crippen LogP contribution in [-0.4, -0.2) is 21.3 Å². The van der Waals surface area contributed by atoms with Gasteiger partial charge in [-0.25, -0.2) is 0 Å². The van der Waals surface area contributed by atoms with Gasteiger partial charge in [0.15, 0.2) is 0 Å². The predicted molar refractivity (Wildman–Crippen MR) is 59.6 cm³/mol. The maximum absolute atomic E-state index is 5.61. The van der Waals surface area contributed by atoms with Crippen molar-refractivity contribution in [2.24, 2.45) is 11.7 Å². The third-order valence-corrected chi connectivity index (χ3v) is 3.16. The van der Waals surface area contributed by atoms with Gasteiger partial charge in [0, 0.05) is 18.9 Å². The van der Waals surface area contributed by atoms with Crippen LogP contribution < -0.4 is 5.73 Å². The molecule has 2 N–H and O–H groups in total. The molecule has 4 nitrogen and oxygen atoms in total. The molecule has 2 heterocycles. The summed E-state index contributed by atoms with van der Waals surface area (Å²) in [4.78, 5) is 0. The molecule has 0 amide bonds. The molecule has 2 rings (SSSR count). The lowest BCUT2D eigenvalue weighted by Crippen LogP contribution is -2.24. The number of nitrogens with zero attached hydrogens (tertiary/aromatic N) is 3. The Labute approximate surface area is 90.9 Å². The van der Waals surface area contributed by atoms with Crippen molar-refractivity contribution in [3.63, 3.8) is 0 Å². The molecule has 0 spiro atoms. The average Bonchev–Trinajstić information content (AvgIpc) is 2.61. The Kier molecular flexibility index (Phi) is 3.05. The van der Waals surface area contributed by atoms with Crippen LogP contribution in [0.5, 0.6) is 0 Å². The fraction of sp³-hybridized carbons (Fsp3) is 0.818. The summed E-state index contributed by atoms with van der Waals surface area (Å²) in [6.07, 6.45) is 3.40. The fourth-order valence-electron chi connectivity index (χ4n) is 2.31. The van der Waals surface area contributed by atoms with E-state index in [9.17, 15) is 0 Å². The number of hydrogen-bond acceptors (Lipinski definition) is 3. The standard InChI is InChI=1S/C11H20N4/c1-8(2)11-14-13-10-4-3-9(5-6-12)7-15(10)11/h8-9H,3-7,12H2,1-2H3. The molecule has 0 saturated heterocycles. The zero-order valence-electron chi connectivity index (χ0n) is 9.61. The van der Waals surface area contributed by atoms with Crippen LogP contribution in [0.4, 0.5) is 0 Å². The van der Waals surface area contributed by atoms with Gasteiger partial charge >= 0.3 is 0 Å². The van der Waals surface area contributed by atoms with Crippen LogP contribution in [0.2, 0.25) is 0 Å². The Morgan fingerprint density at radius 1 is 1.47 bits per heavy atom. The molecule has 84 valence electrons. The lowest BCUT2D eigenvalue weighted by atomic mass is 9.95. The number of aromatic nitrogens is 3. The molecule has 1 aliphatic rings. The Balaban J connectivity index is 2.18. The highest BCUT2D eigenvalue weighted by molar-refractivity contribution is 5.03. The first-order chi connectivity index (χ1) is 7.22. The normalized spacial score (nSPS) is 20.7. The molecule has 15 heavy (non-hydrogen) atoms. The molecule has 1 aliphatic heterocycles. The van der Waals surface area contributed by atoms with Crippen molar-refractivity contribution < 1.29 is 0 Å². The van der Waals surface area contributed by atoms with E-state index in [1.807, 2.05) is 0 Å². The van der Waals surface area contributed by atoms with Crippen LogP contribution >= 0.6 is 0 Å². The third-order valence-electron chi connectivity index (χ3n) is 3.16. The average molecular weight is 208 g/mol. The van der Waals surface area contributed by atoms with Crippen LogP contribution in [0.25, 0.3) is 0 Å². The van der Waals surface area contributed by atoms with Crippen molar-refractivity contribution in [1.82, 2.24) is 14.8 Å². The summed E-state index contributed by atoms with van der Waals surface area (Å²) in [6.45, 7) is 6.19. The quantitative estimate of drug-likeness (QED) is 0.815. The minimum absolute atomic E-state index is 0.461. The summed E-state index contributed by atoms with van der Waals surface area (Å²) in [5, 5.41) is 8.53. The Morgan fingerprint density at radius 3 is 2.93 bits per heavy atom. The van der Waals surface area contributed by atoms with E-state index < -0.39 is 0 Å². The van der Waals surface area contributed by atoms with E-state index in [-0.39, 0.29) is 0 Å². The number of rotatable bonds is 3. The van der Waals surface area contributed by atoms with E-state index in [1.54, 1.807) is 0 Å². The summed E-state index contributed by atoms with van der Waals surface area (Å²) in [5.74, 6) is 3.47. The summed E-state index contributed by atoms with van der Waals surface area (Å²) in [7, 11) is 0. The molecule has 1 unspecified atom stereocenters. The highest BCUT2D eigenvalue weighted by Crippen LogP contribution is 2.24. The number of fused-ring (bicyclic) bond motifs is 1. The molecular formula is C11H20N4. The molecule has 0 bridgehead atoms. The first-order valence-electron chi connectivity index (χ1n) is 5.84. The number of aryl methyl sites for hydroxylation is 1. The van der Waals surface area contributed by atoms with Crippen LogP contribution in [0.3, 0.4) is 0 Å². The van der Waals surface area contributed by atoms with Crippen molar-refractivity contribution in [2.45, 2.75) is 45.6 Å².